The Hall–Kier alpha value is -1.68. The van der Waals surface area contributed by atoms with Crippen molar-refractivity contribution in [1.82, 2.24) is 9.55 Å². The van der Waals surface area contributed by atoms with Gasteiger partial charge in [-0.05, 0) is 55.9 Å². The van der Waals surface area contributed by atoms with E-state index in [1.165, 1.54) is 30.3 Å². The number of benzene rings is 1. The van der Waals surface area contributed by atoms with Crippen molar-refractivity contribution in [1.29, 1.82) is 0 Å². The van der Waals surface area contributed by atoms with Gasteiger partial charge in [0, 0.05) is 18.8 Å². The van der Waals surface area contributed by atoms with Crippen LogP contribution in [0.25, 0.3) is 0 Å². The molecule has 0 spiro atoms. The average molecular weight is 273 g/mol. The number of aryl methyl sites for hydroxylation is 2. The van der Waals surface area contributed by atoms with Crippen LogP contribution in [0.2, 0.25) is 0 Å². The second-order valence-electron chi connectivity index (χ2n) is 5.52. The molecule has 106 valence electrons. The van der Waals surface area contributed by atoms with Crippen LogP contribution in [0, 0.1) is 12.7 Å². The smallest absolute Gasteiger partial charge is 0.123 e. The summed E-state index contributed by atoms with van der Waals surface area (Å²) in [5.41, 5.74) is 9.97. The highest BCUT2D eigenvalue weighted by atomic mass is 19.1. The van der Waals surface area contributed by atoms with Crippen molar-refractivity contribution in [3.8, 4) is 0 Å². The standard InChI is InChI=1S/C16H20FN3/c1-11-19-15-4-2-3-5-16(15)20(11)10-13-6-12(9-18)7-14(17)8-13/h6-8H,2-5,9-10,18H2,1H3. The molecule has 0 unspecified atom stereocenters. The molecule has 0 amide bonds. The van der Waals surface area contributed by atoms with E-state index >= 15 is 0 Å². The van der Waals surface area contributed by atoms with Gasteiger partial charge in [-0.3, -0.25) is 0 Å². The summed E-state index contributed by atoms with van der Waals surface area (Å²) in [6, 6.07) is 5.07. The number of halogens is 1. The van der Waals surface area contributed by atoms with Gasteiger partial charge in [-0.1, -0.05) is 6.07 Å². The van der Waals surface area contributed by atoms with Gasteiger partial charge in [0.05, 0.1) is 5.69 Å². The first kappa shape index (κ1) is 13.3. The summed E-state index contributed by atoms with van der Waals surface area (Å²) in [5, 5.41) is 0. The van der Waals surface area contributed by atoms with E-state index in [4.69, 9.17) is 5.73 Å². The monoisotopic (exact) mass is 273 g/mol. The Morgan fingerprint density at radius 3 is 2.75 bits per heavy atom. The van der Waals surface area contributed by atoms with Crippen LogP contribution in [0.5, 0.6) is 0 Å². The lowest BCUT2D eigenvalue weighted by atomic mass is 10.0. The lowest BCUT2D eigenvalue weighted by molar-refractivity contribution is 0.610. The molecule has 20 heavy (non-hydrogen) atoms. The molecule has 1 aromatic carbocycles. The maximum atomic E-state index is 13.6. The number of nitrogens with two attached hydrogens (primary N) is 1. The Morgan fingerprint density at radius 1 is 1.20 bits per heavy atom. The molecule has 0 fully saturated rings. The quantitative estimate of drug-likeness (QED) is 0.934. The average Bonchev–Trinajstić information content (AvgIpc) is 2.75. The maximum absolute atomic E-state index is 13.6. The third-order valence-corrected chi connectivity index (χ3v) is 4.02. The molecule has 0 bridgehead atoms. The van der Waals surface area contributed by atoms with Crippen molar-refractivity contribution >= 4 is 0 Å². The zero-order valence-corrected chi connectivity index (χ0v) is 11.8. The van der Waals surface area contributed by atoms with E-state index in [1.54, 1.807) is 6.07 Å². The molecule has 0 saturated heterocycles. The molecule has 4 heteroatoms. The number of fused-ring (bicyclic) bond motifs is 1. The first-order valence-corrected chi connectivity index (χ1v) is 7.20. The third kappa shape index (κ3) is 2.48. The second-order valence-corrected chi connectivity index (χ2v) is 5.52. The SMILES string of the molecule is Cc1nc2c(n1Cc1cc(F)cc(CN)c1)CCCC2. The number of rotatable bonds is 3. The molecular formula is C16H20FN3. The molecule has 0 aliphatic heterocycles. The Balaban J connectivity index is 1.95. The molecule has 3 rings (SSSR count). The van der Waals surface area contributed by atoms with E-state index in [0.29, 0.717) is 13.1 Å². The molecule has 0 saturated carbocycles. The number of hydrogen-bond acceptors (Lipinski definition) is 2. The molecule has 2 N–H and O–H groups in total. The Bertz CT molecular complexity index is 631. The topological polar surface area (TPSA) is 43.8 Å². The predicted molar refractivity (Wildman–Crippen MR) is 77.0 cm³/mol. The molecule has 0 radical (unpaired) electrons. The van der Waals surface area contributed by atoms with Crippen LogP contribution in [-0.4, -0.2) is 9.55 Å². The van der Waals surface area contributed by atoms with Crippen molar-refractivity contribution in [2.45, 2.75) is 45.7 Å². The van der Waals surface area contributed by atoms with Gasteiger partial charge in [0.25, 0.3) is 0 Å². The van der Waals surface area contributed by atoms with E-state index in [-0.39, 0.29) is 5.82 Å². The van der Waals surface area contributed by atoms with Gasteiger partial charge in [0.1, 0.15) is 11.6 Å². The van der Waals surface area contributed by atoms with Gasteiger partial charge in [-0.15, -0.1) is 0 Å². The normalized spacial score (nSPS) is 14.3. The molecule has 3 nitrogen and oxygen atoms in total. The van der Waals surface area contributed by atoms with Crippen molar-refractivity contribution in [3.05, 3.63) is 52.4 Å². The Morgan fingerprint density at radius 2 is 1.95 bits per heavy atom. The Labute approximate surface area is 118 Å². The number of hydrogen-bond donors (Lipinski definition) is 1. The predicted octanol–water partition coefficient (Wildman–Crippen LogP) is 2.72. The molecule has 2 aromatic rings. The molecule has 1 aliphatic rings. The van der Waals surface area contributed by atoms with Crippen LogP contribution in [0.1, 0.15) is 41.2 Å². The number of nitrogens with zero attached hydrogens (tertiary/aromatic N) is 2. The summed E-state index contributed by atoms with van der Waals surface area (Å²) in [7, 11) is 0. The van der Waals surface area contributed by atoms with E-state index in [9.17, 15) is 4.39 Å². The lowest BCUT2D eigenvalue weighted by Crippen LogP contribution is -2.11. The van der Waals surface area contributed by atoms with Crippen LogP contribution in [0.4, 0.5) is 4.39 Å². The highest BCUT2D eigenvalue weighted by Crippen LogP contribution is 2.23. The number of aromatic nitrogens is 2. The summed E-state index contributed by atoms with van der Waals surface area (Å²) in [4.78, 5) is 4.66. The van der Waals surface area contributed by atoms with Gasteiger partial charge in [-0.25, -0.2) is 9.37 Å². The van der Waals surface area contributed by atoms with Crippen molar-refractivity contribution < 1.29 is 4.39 Å². The minimum absolute atomic E-state index is 0.213. The zero-order chi connectivity index (χ0) is 14.1. The summed E-state index contributed by atoms with van der Waals surface area (Å²) in [6.45, 7) is 3.08. The number of imidazole rings is 1. The van der Waals surface area contributed by atoms with E-state index < -0.39 is 0 Å². The minimum atomic E-state index is -0.213. The second kappa shape index (κ2) is 5.37. The minimum Gasteiger partial charge on any atom is -0.328 e. The third-order valence-electron chi connectivity index (χ3n) is 4.02. The molecule has 0 atom stereocenters. The highest BCUT2D eigenvalue weighted by Gasteiger charge is 2.18. The van der Waals surface area contributed by atoms with E-state index in [0.717, 1.165) is 29.8 Å². The van der Waals surface area contributed by atoms with Crippen LogP contribution in [0.3, 0.4) is 0 Å². The van der Waals surface area contributed by atoms with Crippen molar-refractivity contribution in [3.63, 3.8) is 0 Å². The van der Waals surface area contributed by atoms with E-state index in [2.05, 4.69) is 9.55 Å². The van der Waals surface area contributed by atoms with E-state index in [1.807, 2.05) is 13.0 Å². The lowest BCUT2D eigenvalue weighted by Gasteiger charge is -2.15. The van der Waals surface area contributed by atoms with Crippen LogP contribution in [-0.2, 0) is 25.9 Å². The van der Waals surface area contributed by atoms with Crippen LogP contribution in [0.15, 0.2) is 18.2 Å². The summed E-state index contributed by atoms with van der Waals surface area (Å²) in [5.74, 6) is 0.810. The van der Waals surface area contributed by atoms with Gasteiger partial charge in [0.2, 0.25) is 0 Å². The van der Waals surface area contributed by atoms with Gasteiger partial charge in [0.15, 0.2) is 0 Å². The first-order chi connectivity index (χ1) is 9.67. The van der Waals surface area contributed by atoms with Crippen molar-refractivity contribution in [2.24, 2.45) is 5.73 Å². The first-order valence-electron chi connectivity index (χ1n) is 7.20. The fourth-order valence-corrected chi connectivity index (χ4v) is 3.05. The van der Waals surface area contributed by atoms with Crippen LogP contribution < -0.4 is 5.73 Å². The van der Waals surface area contributed by atoms with Crippen LogP contribution >= 0.6 is 0 Å². The fourth-order valence-electron chi connectivity index (χ4n) is 3.05. The van der Waals surface area contributed by atoms with Crippen molar-refractivity contribution in [2.75, 3.05) is 0 Å². The highest BCUT2D eigenvalue weighted by molar-refractivity contribution is 5.27. The summed E-state index contributed by atoms with van der Waals surface area (Å²) < 4.78 is 15.8. The fraction of sp³-hybridized carbons (Fsp3) is 0.438. The maximum Gasteiger partial charge on any atom is 0.123 e. The van der Waals surface area contributed by atoms with Gasteiger partial charge in [-0.2, -0.15) is 0 Å². The summed E-state index contributed by atoms with van der Waals surface area (Å²) >= 11 is 0. The molecule has 1 heterocycles. The summed E-state index contributed by atoms with van der Waals surface area (Å²) in [6.07, 6.45) is 4.59. The van der Waals surface area contributed by atoms with Gasteiger partial charge < -0.3 is 10.3 Å². The van der Waals surface area contributed by atoms with Gasteiger partial charge >= 0.3 is 0 Å². The largest absolute Gasteiger partial charge is 0.328 e. The Kier molecular flexibility index (Phi) is 3.57. The zero-order valence-electron chi connectivity index (χ0n) is 11.8. The molecular weight excluding hydrogens is 253 g/mol. The molecule has 1 aliphatic carbocycles. The molecule has 1 aromatic heterocycles.